The maximum absolute atomic E-state index is 9.46. The number of rotatable bonds is 3. The third-order valence-electron chi connectivity index (χ3n) is 3.55. The summed E-state index contributed by atoms with van der Waals surface area (Å²) in [5, 5.41) is 9.46. The summed E-state index contributed by atoms with van der Waals surface area (Å²) in [5.74, 6) is 1.25. The molecule has 1 N–H and O–H groups in total. The topological polar surface area (TPSA) is 29.5 Å². The summed E-state index contributed by atoms with van der Waals surface area (Å²) in [6, 6.07) is 5.38. The number of allylic oxidation sites excluding steroid dienone is 2. The lowest BCUT2D eigenvalue weighted by Crippen LogP contribution is -2.36. The van der Waals surface area contributed by atoms with E-state index in [0.29, 0.717) is 5.75 Å². The van der Waals surface area contributed by atoms with Gasteiger partial charge in [-0.15, -0.1) is 0 Å². The number of aromatic hydroxyl groups is 1. The normalized spacial score (nSPS) is 21.9. The van der Waals surface area contributed by atoms with Crippen molar-refractivity contribution in [3.63, 3.8) is 0 Å². The van der Waals surface area contributed by atoms with Crippen LogP contribution < -0.4 is 4.74 Å². The average Bonchev–Trinajstić information content (AvgIpc) is 2.29. The van der Waals surface area contributed by atoms with Crippen molar-refractivity contribution in [2.75, 3.05) is 0 Å². The summed E-state index contributed by atoms with van der Waals surface area (Å²) < 4.78 is 6.12. The van der Waals surface area contributed by atoms with Crippen LogP contribution in [0.25, 0.3) is 0 Å². The van der Waals surface area contributed by atoms with Gasteiger partial charge in [-0.1, -0.05) is 11.6 Å². The van der Waals surface area contributed by atoms with Crippen LogP contribution in [-0.4, -0.2) is 10.7 Å². The molecule has 1 aliphatic heterocycles. The van der Waals surface area contributed by atoms with Crippen molar-refractivity contribution in [2.24, 2.45) is 0 Å². The van der Waals surface area contributed by atoms with Gasteiger partial charge in [0, 0.05) is 0 Å². The van der Waals surface area contributed by atoms with E-state index in [9.17, 15) is 5.11 Å². The molecule has 0 fully saturated rings. The fraction of sp³-hybridized carbons (Fsp3) is 0.500. The Labute approximate surface area is 109 Å². The fourth-order valence-corrected chi connectivity index (χ4v) is 2.42. The van der Waals surface area contributed by atoms with Crippen LogP contribution in [0, 0.1) is 0 Å². The summed E-state index contributed by atoms with van der Waals surface area (Å²) in [6.45, 7) is 6.44. The molecule has 2 heteroatoms. The highest BCUT2D eigenvalue weighted by molar-refractivity contribution is 5.41. The van der Waals surface area contributed by atoms with Crippen LogP contribution in [0.5, 0.6) is 11.5 Å². The van der Waals surface area contributed by atoms with Crippen LogP contribution in [0.4, 0.5) is 0 Å². The van der Waals surface area contributed by atoms with Gasteiger partial charge in [0.1, 0.15) is 17.1 Å². The van der Waals surface area contributed by atoms with Crippen LogP contribution in [0.2, 0.25) is 0 Å². The maximum atomic E-state index is 9.46. The number of hydrogen-bond acceptors (Lipinski definition) is 2. The summed E-state index contributed by atoms with van der Waals surface area (Å²) in [5.41, 5.74) is 2.41. The van der Waals surface area contributed by atoms with Gasteiger partial charge in [0.2, 0.25) is 0 Å². The van der Waals surface area contributed by atoms with Crippen LogP contribution in [0.15, 0.2) is 29.8 Å². The molecular formula is C16H22O2. The zero-order chi connectivity index (χ0) is 13.2. The van der Waals surface area contributed by atoms with Crippen molar-refractivity contribution in [3.05, 3.63) is 35.4 Å². The van der Waals surface area contributed by atoms with Crippen LogP contribution in [-0.2, 0) is 6.42 Å². The standard InChI is InChI=1S/C16H22O2/c1-12(2)5-4-9-16(3)10-8-13-11-14(17)6-7-15(13)18-16/h5-7,11,17H,4,8-10H2,1-3H3/t16-/m0/s1. The first-order valence-electron chi connectivity index (χ1n) is 6.63. The molecule has 1 atom stereocenters. The van der Waals surface area contributed by atoms with E-state index in [4.69, 9.17) is 4.74 Å². The Balaban J connectivity index is 2.06. The summed E-state index contributed by atoms with van der Waals surface area (Å²) in [6.07, 6.45) is 6.36. The second-order valence-electron chi connectivity index (χ2n) is 5.66. The smallest absolute Gasteiger partial charge is 0.123 e. The SMILES string of the molecule is CC(C)=CCC[C@@]1(C)CCc2cc(O)ccc2O1. The highest BCUT2D eigenvalue weighted by Gasteiger charge is 2.30. The molecule has 1 aliphatic rings. The summed E-state index contributed by atoms with van der Waals surface area (Å²) in [4.78, 5) is 0. The lowest BCUT2D eigenvalue weighted by molar-refractivity contribution is 0.0570. The van der Waals surface area contributed by atoms with Gasteiger partial charge in [0.15, 0.2) is 0 Å². The molecule has 0 saturated carbocycles. The first kappa shape index (κ1) is 13.0. The molecule has 0 unspecified atom stereocenters. The van der Waals surface area contributed by atoms with Crippen LogP contribution in [0.3, 0.4) is 0 Å². The van der Waals surface area contributed by atoms with Gasteiger partial charge < -0.3 is 9.84 Å². The second kappa shape index (κ2) is 5.05. The highest BCUT2D eigenvalue weighted by Crippen LogP contribution is 2.37. The van der Waals surface area contributed by atoms with E-state index in [-0.39, 0.29) is 5.60 Å². The Morgan fingerprint density at radius 3 is 2.94 bits per heavy atom. The quantitative estimate of drug-likeness (QED) is 0.809. The molecule has 98 valence electrons. The molecular weight excluding hydrogens is 224 g/mol. The number of ether oxygens (including phenoxy) is 1. The third-order valence-corrected chi connectivity index (χ3v) is 3.55. The molecule has 0 spiro atoms. The fourth-order valence-electron chi connectivity index (χ4n) is 2.42. The van der Waals surface area contributed by atoms with E-state index >= 15 is 0 Å². The molecule has 0 amide bonds. The van der Waals surface area contributed by atoms with Crippen molar-refractivity contribution in [2.45, 2.75) is 52.1 Å². The minimum absolute atomic E-state index is 0.0735. The molecule has 18 heavy (non-hydrogen) atoms. The van der Waals surface area contributed by atoms with Gasteiger partial charge in [-0.25, -0.2) is 0 Å². The molecule has 1 aromatic carbocycles. The first-order valence-corrected chi connectivity index (χ1v) is 6.63. The van der Waals surface area contributed by atoms with Crippen LogP contribution in [0.1, 0.15) is 45.6 Å². The molecule has 1 aromatic rings. The Kier molecular flexibility index (Phi) is 3.65. The molecule has 0 aromatic heterocycles. The minimum atomic E-state index is -0.0735. The van der Waals surface area contributed by atoms with Crippen molar-refractivity contribution >= 4 is 0 Å². The third kappa shape index (κ3) is 3.06. The van der Waals surface area contributed by atoms with E-state index in [0.717, 1.165) is 37.0 Å². The van der Waals surface area contributed by atoms with Gasteiger partial charge in [-0.2, -0.15) is 0 Å². The Morgan fingerprint density at radius 1 is 1.44 bits per heavy atom. The number of aryl methyl sites for hydroxylation is 1. The van der Waals surface area contributed by atoms with Gasteiger partial charge in [-0.05, 0) is 70.2 Å². The highest BCUT2D eigenvalue weighted by atomic mass is 16.5. The molecule has 2 nitrogen and oxygen atoms in total. The van der Waals surface area contributed by atoms with Gasteiger partial charge in [-0.3, -0.25) is 0 Å². The number of hydrogen-bond donors (Lipinski definition) is 1. The van der Waals surface area contributed by atoms with E-state index < -0.39 is 0 Å². The van der Waals surface area contributed by atoms with Crippen molar-refractivity contribution in [1.82, 2.24) is 0 Å². The summed E-state index contributed by atoms with van der Waals surface area (Å²) >= 11 is 0. The Morgan fingerprint density at radius 2 is 2.22 bits per heavy atom. The predicted octanol–water partition coefficient (Wildman–Crippen LogP) is 4.22. The minimum Gasteiger partial charge on any atom is -0.508 e. The molecule has 0 aliphatic carbocycles. The summed E-state index contributed by atoms with van der Waals surface area (Å²) in [7, 11) is 0. The second-order valence-corrected chi connectivity index (χ2v) is 5.66. The van der Waals surface area contributed by atoms with Gasteiger partial charge in [0.25, 0.3) is 0 Å². The molecule has 1 heterocycles. The molecule has 0 bridgehead atoms. The molecule has 2 rings (SSSR count). The van der Waals surface area contributed by atoms with Crippen LogP contribution >= 0.6 is 0 Å². The first-order chi connectivity index (χ1) is 8.48. The zero-order valence-electron chi connectivity index (χ0n) is 11.5. The zero-order valence-corrected chi connectivity index (χ0v) is 11.5. The number of phenols is 1. The molecule has 0 radical (unpaired) electrons. The van der Waals surface area contributed by atoms with Crippen molar-refractivity contribution in [3.8, 4) is 11.5 Å². The Hall–Kier alpha value is -1.44. The Bertz CT molecular complexity index is 458. The van der Waals surface area contributed by atoms with Crippen molar-refractivity contribution < 1.29 is 9.84 Å². The number of benzene rings is 1. The van der Waals surface area contributed by atoms with Gasteiger partial charge in [0.05, 0.1) is 0 Å². The molecule has 0 saturated heterocycles. The lowest BCUT2D eigenvalue weighted by Gasteiger charge is -2.35. The van der Waals surface area contributed by atoms with Crippen molar-refractivity contribution in [1.29, 1.82) is 0 Å². The predicted molar refractivity (Wildman–Crippen MR) is 74.1 cm³/mol. The number of phenolic OH excluding ortho intramolecular Hbond substituents is 1. The van der Waals surface area contributed by atoms with E-state index in [1.807, 2.05) is 12.1 Å². The monoisotopic (exact) mass is 246 g/mol. The largest absolute Gasteiger partial charge is 0.508 e. The van der Waals surface area contributed by atoms with E-state index in [1.54, 1.807) is 6.07 Å². The van der Waals surface area contributed by atoms with Gasteiger partial charge >= 0.3 is 0 Å². The average molecular weight is 246 g/mol. The lowest BCUT2D eigenvalue weighted by atomic mass is 9.88. The van der Waals surface area contributed by atoms with E-state index in [1.165, 1.54) is 5.57 Å². The number of fused-ring (bicyclic) bond motifs is 1. The van der Waals surface area contributed by atoms with E-state index in [2.05, 4.69) is 26.8 Å². The maximum Gasteiger partial charge on any atom is 0.123 e.